The van der Waals surface area contributed by atoms with Crippen LogP contribution in [0, 0.1) is 27.7 Å². The minimum absolute atomic E-state index is 0.329. The molecule has 4 aromatic carbocycles. The highest BCUT2D eigenvalue weighted by Gasteiger charge is 2.09. The molecule has 0 fully saturated rings. The Hall–Kier alpha value is -3.06. The molecule has 0 radical (unpaired) electrons. The van der Waals surface area contributed by atoms with Crippen LogP contribution in [0.1, 0.15) is 33.4 Å². The summed E-state index contributed by atoms with van der Waals surface area (Å²) in [6.45, 7) is 8.14. The van der Waals surface area contributed by atoms with E-state index in [-0.39, 0.29) is 0 Å². The number of phenols is 2. The van der Waals surface area contributed by atoms with Crippen LogP contribution in [-0.2, 0) is 6.42 Å². The highest BCUT2D eigenvalue weighted by atomic mass is 31.0. The molecule has 0 amide bonds. The van der Waals surface area contributed by atoms with Crippen molar-refractivity contribution in [3.63, 3.8) is 0 Å². The van der Waals surface area contributed by atoms with Gasteiger partial charge in [0.2, 0.25) is 0 Å². The van der Waals surface area contributed by atoms with Crippen LogP contribution in [0.5, 0.6) is 23.0 Å². The molecule has 4 aromatic rings. The standard InChI is InChI=1S/C15H18O2P2.2C7H8O/c1-10-3-5-14(16-18)12(7-10)9-13-8-11(2)4-6-15(13)17-19;2*1-6-2-4-7(8)5-3-6/h3-8H,9,18-19H2,1-2H3;2*2-5,8H,1H3. The summed E-state index contributed by atoms with van der Waals surface area (Å²) in [5.74, 6) is 2.42. The quantitative estimate of drug-likeness (QED) is 0.278. The number of rotatable bonds is 4. The molecule has 4 nitrogen and oxygen atoms in total. The first-order chi connectivity index (χ1) is 16.7. The number of benzene rings is 4. The molecule has 35 heavy (non-hydrogen) atoms. The third-order valence-corrected chi connectivity index (χ3v) is 5.64. The van der Waals surface area contributed by atoms with Gasteiger partial charge < -0.3 is 19.3 Å². The predicted octanol–water partition coefficient (Wildman–Crippen LogP) is 7.63. The van der Waals surface area contributed by atoms with E-state index in [4.69, 9.17) is 19.3 Å². The van der Waals surface area contributed by atoms with Gasteiger partial charge in [0.05, 0.1) is 18.9 Å². The van der Waals surface area contributed by atoms with Gasteiger partial charge in [-0.2, -0.15) is 0 Å². The average Bonchev–Trinajstić information content (AvgIpc) is 2.84. The lowest BCUT2D eigenvalue weighted by atomic mass is 10.00. The highest BCUT2D eigenvalue weighted by molar-refractivity contribution is 7.10. The van der Waals surface area contributed by atoms with Gasteiger partial charge in [-0.3, -0.25) is 0 Å². The van der Waals surface area contributed by atoms with Gasteiger partial charge in [0.25, 0.3) is 0 Å². The molecular formula is C29H34O4P2. The molecule has 4 rings (SSSR count). The smallest absolute Gasteiger partial charge is 0.126 e. The van der Waals surface area contributed by atoms with Crippen LogP contribution < -0.4 is 9.05 Å². The second-order valence-electron chi connectivity index (χ2n) is 8.31. The van der Waals surface area contributed by atoms with Gasteiger partial charge in [0.15, 0.2) is 0 Å². The minimum atomic E-state index is 0.329. The van der Waals surface area contributed by atoms with Crippen LogP contribution >= 0.6 is 18.9 Å². The number of hydrogen-bond donors (Lipinski definition) is 2. The molecule has 0 bridgehead atoms. The monoisotopic (exact) mass is 508 g/mol. The van der Waals surface area contributed by atoms with Gasteiger partial charge in [0, 0.05) is 6.42 Å². The van der Waals surface area contributed by atoms with Gasteiger partial charge in [-0.15, -0.1) is 0 Å². The lowest BCUT2D eigenvalue weighted by Crippen LogP contribution is -1.95. The van der Waals surface area contributed by atoms with E-state index in [1.54, 1.807) is 24.3 Å². The van der Waals surface area contributed by atoms with E-state index in [9.17, 15) is 0 Å². The summed E-state index contributed by atoms with van der Waals surface area (Å²) < 4.78 is 10.7. The van der Waals surface area contributed by atoms with Crippen molar-refractivity contribution in [1.82, 2.24) is 0 Å². The maximum Gasteiger partial charge on any atom is 0.126 e. The van der Waals surface area contributed by atoms with Crippen molar-refractivity contribution in [1.29, 1.82) is 0 Å². The molecule has 0 saturated heterocycles. The van der Waals surface area contributed by atoms with E-state index < -0.39 is 0 Å². The molecule has 0 heterocycles. The van der Waals surface area contributed by atoms with E-state index in [2.05, 4.69) is 44.9 Å². The molecule has 2 atom stereocenters. The highest BCUT2D eigenvalue weighted by Crippen LogP contribution is 2.29. The van der Waals surface area contributed by atoms with E-state index in [1.807, 2.05) is 62.4 Å². The fourth-order valence-corrected chi connectivity index (χ4v) is 3.68. The van der Waals surface area contributed by atoms with E-state index in [0.29, 0.717) is 11.5 Å². The minimum Gasteiger partial charge on any atom is -0.508 e. The van der Waals surface area contributed by atoms with Crippen molar-refractivity contribution in [3.05, 3.63) is 118 Å². The number of aromatic hydroxyl groups is 2. The van der Waals surface area contributed by atoms with Crippen molar-refractivity contribution < 1.29 is 19.3 Å². The second kappa shape index (κ2) is 14.4. The normalized spacial score (nSPS) is 9.77. The van der Waals surface area contributed by atoms with Crippen molar-refractivity contribution in [2.45, 2.75) is 34.1 Å². The van der Waals surface area contributed by atoms with Crippen LogP contribution in [0.4, 0.5) is 0 Å². The third kappa shape index (κ3) is 9.99. The summed E-state index contributed by atoms with van der Waals surface area (Å²) in [7, 11) is 4.62. The lowest BCUT2D eigenvalue weighted by molar-refractivity contribution is 0.474. The fourth-order valence-electron chi connectivity index (χ4n) is 3.22. The van der Waals surface area contributed by atoms with Gasteiger partial charge >= 0.3 is 0 Å². The first-order valence-electron chi connectivity index (χ1n) is 11.2. The summed E-state index contributed by atoms with van der Waals surface area (Å²) in [6, 6.07) is 26.6. The van der Waals surface area contributed by atoms with E-state index in [0.717, 1.165) is 29.0 Å². The largest absolute Gasteiger partial charge is 0.508 e. The summed E-state index contributed by atoms with van der Waals surface area (Å²) >= 11 is 0. The van der Waals surface area contributed by atoms with Crippen molar-refractivity contribution in [2.75, 3.05) is 0 Å². The Morgan fingerprint density at radius 2 is 0.829 bits per heavy atom. The summed E-state index contributed by atoms with van der Waals surface area (Å²) in [6.07, 6.45) is 0.789. The number of aryl methyl sites for hydroxylation is 4. The van der Waals surface area contributed by atoms with Crippen molar-refractivity contribution in [2.24, 2.45) is 0 Å². The zero-order valence-electron chi connectivity index (χ0n) is 20.7. The Morgan fingerprint density at radius 3 is 1.11 bits per heavy atom. The Bertz CT molecular complexity index is 1050. The Balaban J connectivity index is 0.000000221. The van der Waals surface area contributed by atoms with Gasteiger partial charge in [0.1, 0.15) is 23.0 Å². The van der Waals surface area contributed by atoms with Crippen LogP contribution in [0.3, 0.4) is 0 Å². The van der Waals surface area contributed by atoms with Crippen molar-refractivity contribution in [3.8, 4) is 23.0 Å². The van der Waals surface area contributed by atoms with E-state index >= 15 is 0 Å². The first kappa shape index (κ1) is 28.2. The molecule has 0 aromatic heterocycles. The molecule has 0 saturated carbocycles. The zero-order valence-corrected chi connectivity index (χ0v) is 23.0. The number of hydrogen-bond acceptors (Lipinski definition) is 4. The lowest BCUT2D eigenvalue weighted by Gasteiger charge is -2.12. The topological polar surface area (TPSA) is 58.9 Å². The molecular weight excluding hydrogens is 474 g/mol. The van der Waals surface area contributed by atoms with E-state index in [1.165, 1.54) is 22.3 Å². The Morgan fingerprint density at radius 1 is 0.514 bits per heavy atom. The van der Waals surface area contributed by atoms with Gasteiger partial charge in [-0.25, -0.2) is 0 Å². The predicted molar refractivity (Wildman–Crippen MR) is 152 cm³/mol. The number of phenolic OH excluding ortho intramolecular Hbond substituents is 2. The maximum absolute atomic E-state index is 8.76. The van der Waals surface area contributed by atoms with Crippen molar-refractivity contribution >= 4 is 18.9 Å². The fraction of sp³-hybridized carbons (Fsp3) is 0.172. The Kier molecular flexibility index (Phi) is 11.6. The molecule has 2 unspecified atom stereocenters. The maximum atomic E-state index is 8.76. The zero-order chi connectivity index (χ0) is 25.8. The molecule has 0 spiro atoms. The van der Waals surface area contributed by atoms with Crippen LogP contribution in [0.15, 0.2) is 84.9 Å². The van der Waals surface area contributed by atoms with Crippen LogP contribution in [-0.4, -0.2) is 10.2 Å². The molecule has 184 valence electrons. The van der Waals surface area contributed by atoms with Crippen LogP contribution in [0.2, 0.25) is 0 Å². The summed E-state index contributed by atoms with van der Waals surface area (Å²) in [4.78, 5) is 0. The SMILES string of the molecule is Cc1ccc(O)cc1.Cc1ccc(O)cc1.Cc1ccc(OP)c(Cc2cc(C)ccc2OP)c1. The second-order valence-corrected chi connectivity index (χ2v) is 8.78. The molecule has 6 heteroatoms. The molecule has 2 N–H and O–H groups in total. The summed E-state index contributed by atoms with van der Waals surface area (Å²) in [5.41, 5.74) is 7.10. The molecule has 0 aliphatic rings. The summed E-state index contributed by atoms with van der Waals surface area (Å²) in [5, 5.41) is 17.5. The van der Waals surface area contributed by atoms with Gasteiger partial charge in [-0.05, 0) is 75.2 Å². The molecule has 0 aliphatic heterocycles. The van der Waals surface area contributed by atoms with Crippen LogP contribution in [0.25, 0.3) is 0 Å². The average molecular weight is 509 g/mol. The first-order valence-corrected chi connectivity index (χ1v) is 12.1. The molecule has 0 aliphatic carbocycles. The Labute approximate surface area is 213 Å². The third-order valence-electron chi connectivity index (χ3n) is 5.13. The van der Waals surface area contributed by atoms with Gasteiger partial charge in [-0.1, -0.05) is 70.8 Å².